The Balaban J connectivity index is 1.68. The number of methoxy groups -OCH3 is 1. The summed E-state index contributed by atoms with van der Waals surface area (Å²) in [5.74, 6) is 0.600. The number of hydrogen-bond acceptors (Lipinski definition) is 3. The first kappa shape index (κ1) is 18.0. The van der Waals surface area contributed by atoms with Crippen molar-refractivity contribution in [2.45, 2.75) is 19.5 Å². The van der Waals surface area contributed by atoms with Gasteiger partial charge in [0.05, 0.1) is 18.8 Å². The predicted molar refractivity (Wildman–Crippen MR) is 107 cm³/mol. The fraction of sp³-hybridized carbons (Fsp3) is 0.227. The zero-order chi connectivity index (χ0) is 18.5. The van der Waals surface area contributed by atoms with E-state index in [1.165, 1.54) is 16.3 Å². The summed E-state index contributed by atoms with van der Waals surface area (Å²) in [5, 5.41) is 5.39. The molecule has 0 heterocycles. The fourth-order valence-electron chi connectivity index (χ4n) is 2.95. The molecule has 26 heavy (non-hydrogen) atoms. The summed E-state index contributed by atoms with van der Waals surface area (Å²) < 4.78 is 5.29. The quantitative estimate of drug-likeness (QED) is 0.722. The molecule has 3 aromatic carbocycles. The number of hydrogen-bond donors (Lipinski definition) is 1. The van der Waals surface area contributed by atoms with Crippen molar-refractivity contribution in [1.82, 2.24) is 4.90 Å². The zero-order valence-corrected chi connectivity index (χ0v) is 15.4. The Morgan fingerprint density at radius 1 is 1.04 bits per heavy atom. The van der Waals surface area contributed by atoms with Crippen LogP contribution in [0.25, 0.3) is 10.8 Å². The maximum Gasteiger partial charge on any atom is 0.241 e. The van der Waals surface area contributed by atoms with Crippen molar-refractivity contribution in [3.05, 3.63) is 72.3 Å². The summed E-state index contributed by atoms with van der Waals surface area (Å²) in [6, 6.07) is 21.9. The van der Waals surface area contributed by atoms with Crippen LogP contribution < -0.4 is 10.1 Å². The van der Waals surface area contributed by atoms with Gasteiger partial charge in [0.25, 0.3) is 0 Å². The average Bonchev–Trinajstić information content (AvgIpc) is 2.67. The molecule has 0 saturated heterocycles. The summed E-state index contributed by atoms with van der Waals surface area (Å²) in [6.07, 6.45) is 0. The van der Waals surface area contributed by atoms with Crippen LogP contribution in [0.2, 0.25) is 0 Å². The van der Waals surface area contributed by atoms with E-state index in [0.29, 0.717) is 18.0 Å². The van der Waals surface area contributed by atoms with Crippen molar-refractivity contribution >= 4 is 22.4 Å². The number of amides is 1. The summed E-state index contributed by atoms with van der Waals surface area (Å²) in [4.78, 5) is 14.7. The Morgan fingerprint density at radius 3 is 2.50 bits per heavy atom. The van der Waals surface area contributed by atoms with Crippen LogP contribution in [0, 0.1) is 0 Å². The van der Waals surface area contributed by atoms with Gasteiger partial charge in [0, 0.05) is 6.54 Å². The molecule has 0 aliphatic carbocycles. The lowest BCUT2D eigenvalue weighted by Gasteiger charge is -2.24. The standard InChI is InChI=1S/C22H24N2O2/c1-16(22(25)23-20-10-6-7-11-21(20)26-3)24(2)15-17-12-13-18-8-4-5-9-19(18)14-17/h4-14,16H,15H2,1-3H3,(H,23,25)/t16-/m0/s1. The first-order valence-electron chi connectivity index (χ1n) is 8.70. The lowest BCUT2D eigenvalue weighted by atomic mass is 10.1. The summed E-state index contributed by atoms with van der Waals surface area (Å²) in [6.45, 7) is 2.61. The predicted octanol–water partition coefficient (Wildman–Crippen LogP) is 4.31. The van der Waals surface area contributed by atoms with E-state index in [4.69, 9.17) is 4.74 Å². The van der Waals surface area contributed by atoms with Crippen LogP contribution in [0.3, 0.4) is 0 Å². The molecule has 1 atom stereocenters. The van der Waals surface area contributed by atoms with E-state index in [0.717, 1.165) is 0 Å². The smallest absolute Gasteiger partial charge is 0.241 e. The second-order valence-electron chi connectivity index (χ2n) is 6.46. The Kier molecular flexibility index (Phi) is 5.54. The first-order valence-corrected chi connectivity index (χ1v) is 8.70. The molecule has 0 fully saturated rings. The van der Waals surface area contributed by atoms with Crippen LogP contribution in [-0.2, 0) is 11.3 Å². The summed E-state index contributed by atoms with van der Waals surface area (Å²) >= 11 is 0. The van der Waals surface area contributed by atoms with E-state index in [-0.39, 0.29) is 11.9 Å². The Hall–Kier alpha value is -2.85. The molecule has 0 spiro atoms. The van der Waals surface area contributed by atoms with Crippen LogP contribution in [0.15, 0.2) is 66.7 Å². The third-order valence-electron chi connectivity index (χ3n) is 4.65. The zero-order valence-electron chi connectivity index (χ0n) is 15.4. The Bertz CT molecular complexity index is 907. The molecule has 0 aliphatic rings. The molecule has 3 aromatic rings. The number of carbonyl (C=O) groups excluding carboxylic acids is 1. The highest BCUT2D eigenvalue weighted by Crippen LogP contribution is 2.23. The largest absolute Gasteiger partial charge is 0.495 e. The minimum atomic E-state index is -0.272. The number of ether oxygens (including phenoxy) is 1. The van der Waals surface area contributed by atoms with Gasteiger partial charge in [0.15, 0.2) is 0 Å². The Morgan fingerprint density at radius 2 is 1.73 bits per heavy atom. The van der Waals surface area contributed by atoms with E-state index in [2.05, 4.69) is 35.6 Å². The molecule has 1 amide bonds. The first-order chi connectivity index (χ1) is 12.6. The van der Waals surface area contributed by atoms with E-state index in [1.54, 1.807) is 7.11 Å². The maximum atomic E-state index is 12.6. The van der Waals surface area contributed by atoms with Gasteiger partial charge in [-0.1, -0.05) is 48.5 Å². The molecule has 0 unspecified atom stereocenters. The van der Waals surface area contributed by atoms with Crippen molar-refractivity contribution in [2.24, 2.45) is 0 Å². The third-order valence-corrected chi connectivity index (χ3v) is 4.65. The average molecular weight is 348 g/mol. The van der Waals surface area contributed by atoms with Crippen molar-refractivity contribution in [3.8, 4) is 5.75 Å². The molecular formula is C22H24N2O2. The molecule has 3 rings (SSSR count). The topological polar surface area (TPSA) is 41.6 Å². The van der Waals surface area contributed by atoms with Crippen LogP contribution in [0.5, 0.6) is 5.75 Å². The molecule has 1 N–H and O–H groups in total. The van der Waals surface area contributed by atoms with E-state index < -0.39 is 0 Å². The number of likely N-dealkylation sites (N-methyl/N-ethyl adjacent to an activating group) is 1. The van der Waals surface area contributed by atoms with Gasteiger partial charge in [0.2, 0.25) is 5.91 Å². The normalized spacial score (nSPS) is 12.2. The third kappa shape index (κ3) is 4.03. The van der Waals surface area contributed by atoms with Crippen molar-refractivity contribution in [3.63, 3.8) is 0 Å². The van der Waals surface area contributed by atoms with Gasteiger partial charge < -0.3 is 10.1 Å². The van der Waals surface area contributed by atoms with Gasteiger partial charge in [-0.15, -0.1) is 0 Å². The molecular weight excluding hydrogens is 324 g/mol. The lowest BCUT2D eigenvalue weighted by molar-refractivity contribution is -0.120. The van der Waals surface area contributed by atoms with Crippen LogP contribution in [-0.4, -0.2) is 31.0 Å². The van der Waals surface area contributed by atoms with E-state index in [9.17, 15) is 4.79 Å². The molecule has 0 saturated carbocycles. The lowest BCUT2D eigenvalue weighted by Crippen LogP contribution is -2.39. The summed E-state index contributed by atoms with van der Waals surface area (Å²) in [7, 11) is 3.56. The molecule has 0 aromatic heterocycles. The van der Waals surface area contributed by atoms with Crippen LogP contribution in [0.4, 0.5) is 5.69 Å². The molecule has 0 aliphatic heterocycles. The number of nitrogens with one attached hydrogen (secondary N) is 1. The van der Waals surface area contributed by atoms with Gasteiger partial charge in [-0.3, -0.25) is 9.69 Å². The van der Waals surface area contributed by atoms with E-state index >= 15 is 0 Å². The number of para-hydroxylation sites is 2. The van der Waals surface area contributed by atoms with Crippen LogP contribution in [0.1, 0.15) is 12.5 Å². The monoisotopic (exact) mass is 348 g/mol. The fourth-order valence-corrected chi connectivity index (χ4v) is 2.95. The second kappa shape index (κ2) is 8.02. The molecule has 0 bridgehead atoms. The van der Waals surface area contributed by atoms with Crippen molar-refractivity contribution < 1.29 is 9.53 Å². The SMILES string of the molecule is COc1ccccc1NC(=O)[C@H](C)N(C)Cc1ccc2ccccc2c1. The highest BCUT2D eigenvalue weighted by Gasteiger charge is 2.19. The number of anilines is 1. The summed E-state index contributed by atoms with van der Waals surface area (Å²) in [5.41, 5.74) is 1.87. The van der Waals surface area contributed by atoms with Crippen LogP contribution >= 0.6 is 0 Å². The molecule has 134 valence electrons. The number of nitrogens with zero attached hydrogens (tertiary/aromatic N) is 1. The van der Waals surface area contributed by atoms with Crippen molar-refractivity contribution in [1.29, 1.82) is 0 Å². The number of fused-ring (bicyclic) bond motifs is 1. The second-order valence-corrected chi connectivity index (χ2v) is 6.46. The number of rotatable bonds is 6. The molecule has 4 nitrogen and oxygen atoms in total. The number of carbonyl (C=O) groups is 1. The molecule has 0 radical (unpaired) electrons. The minimum Gasteiger partial charge on any atom is -0.495 e. The minimum absolute atomic E-state index is 0.0576. The van der Waals surface area contributed by atoms with Gasteiger partial charge in [-0.05, 0) is 48.5 Å². The number of benzene rings is 3. The highest BCUT2D eigenvalue weighted by molar-refractivity contribution is 5.95. The van der Waals surface area contributed by atoms with Gasteiger partial charge in [-0.25, -0.2) is 0 Å². The highest BCUT2D eigenvalue weighted by atomic mass is 16.5. The van der Waals surface area contributed by atoms with Gasteiger partial charge >= 0.3 is 0 Å². The maximum absolute atomic E-state index is 12.6. The van der Waals surface area contributed by atoms with E-state index in [1.807, 2.05) is 55.3 Å². The van der Waals surface area contributed by atoms with Gasteiger partial charge in [-0.2, -0.15) is 0 Å². The Labute approximate surface area is 154 Å². The molecule has 4 heteroatoms. The van der Waals surface area contributed by atoms with Crippen molar-refractivity contribution in [2.75, 3.05) is 19.5 Å². The van der Waals surface area contributed by atoms with Gasteiger partial charge in [0.1, 0.15) is 5.75 Å².